The van der Waals surface area contributed by atoms with Gasteiger partial charge >= 0.3 is 0 Å². The van der Waals surface area contributed by atoms with Gasteiger partial charge in [0.1, 0.15) is 5.75 Å². The average molecular weight is 347 g/mol. The third-order valence-corrected chi connectivity index (χ3v) is 5.53. The summed E-state index contributed by atoms with van der Waals surface area (Å²) < 4.78 is 32.8. The van der Waals surface area contributed by atoms with E-state index in [4.69, 9.17) is 4.74 Å². The van der Waals surface area contributed by atoms with Crippen LogP contribution in [0, 0.1) is 0 Å². The lowest BCUT2D eigenvalue weighted by atomic mass is 9.86. The molecule has 0 fully saturated rings. The molecule has 4 nitrogen and oxygen atoms in total. The molecule has 0 heterocycles. The second-order valence-electron chi connectivity index (χ2n) is 6.89. The number of hydrogen-bond acceptors (Lipinski definition) is 3. The van der Waals surface area contributed by atoms with Crippen LogP contribution >= 0.6 is 0 Å². The van der Waals surface area contributed by atoms with Crippen molar-refractivity contribution in [1.29, 1.82) is 0 Å². The maximum Gasteiger partial charge on any atom is 0.241 e. The summed E-state index contributed by atoms with van der Waals surface area (Å²) in [6.07, 6.45) is 0. The molecule has 0 aliphatic heterocycles. The molecule has 1 N–H and O–H groups in total. The van der Waals surface area contributed by atoms with E-state index < -0.39 is 10.0 Å². The van der Waals surface area contributed by atoms with E-state index in [-0.39, 0.29) is 16.4 Å². The van der Waals surface area contributed by atoms with Gasteiger partial charge in [-0.1, -0.05) is 45.0 Å². The lowest BCUT2D eigenvalue weighted by Gasteiger charge is -2.20. The van der Waals surface area contributed by atoms with Gasteiger partial charge in [0, 0.05) is 6.04 Å². The van der Waals surface area contributed by atoms with Gasteiger partial charge in [0.25, 0.3) is 0 Å². The predicted molar refractivity (Wildman–Crippen MR) is 96.9 cm³/mol. The van der Waals surface area contributed by atoms with Crippen LogP contribution in [0.2, 0.25) is 0 Å². The Morgan fingerprint density at radius 1 is 0.958 bits per heavy atom. The van der Waals surface area contributed by atoms with Gasteiger partial charge in [-0.2, -0.15) is 0 Å². The zero-order valence-corrected chi connectivity index (χ0v) is 15.6. The van der Waals surface area contributed by atoms with Gasteiger partial charge in [-0.3, -0.25) is 0 Å². The molecule has 0 bridgehead atoms. The summed E-state index contributed by atoms with van der Waals surface area (Å²) in [6.45, 7) is 8.29. The molecule has 1 atom stereocenters. The predicted octanol–water partition coefficient (Wildman–Crippen LogP) is 4.03. The SMILES string of the molecule is COc1ccc(S(=O)(=O)NC(C)c2ccc(C(C)(C)C)cc2)cc1. The summed E-state index contributed by atoms with van der Waals surface area (Å²) >= 11 is 0. The van der Waals surface area contributed by atoms with E-state index in [1.807, 2.05) is 31.2 Å². The van der Waals surface area contributed by atoms with E-state index in [9.17, 15) is 8.42 Å². The highest BCUT2D eigenvalue weighted by Crippen LogP contribution is 2.25. The van der Waals surface area contributed by atoms with Crippen LogP contribution in [0.25, 0.3) is 0 Å². The quantitative estimate of drug-likeness (QED) is 0.888. The lowest BCUT2D eigenvalue weighted by Crippen LogP contribution is -2.27. The van der Waals surface area contributed by atoms with Gasteiger partial charge in [0.15, 0.2) is 0 Å². The highest BCUT2D eigenvalue weighted by atomic mass is 32.2. The van der Waals surface area contributed by atoms with E-state index in [0.717, 1.165) is 5.56 Å². The molecular weight excluding hydrogens is 322 g/mol. The first-order valence-electron chi connectivity index (χ1n) is 7.90. The maximum atomic E-state index is 12.5. The third-order valence-electron chi connectivity index (χ3n) is 3.98. The number of benzene rings is 2. The van der Waals surface area contributed by atoms with Crippen molar-refractivity contribution in [3.05, 3.63) is 59.7 Å². The van der Waals surface area contributed by atoms with E-state index in [0.29, 0.717) is 5.75 Å². The maximum absolute atomic E-state index is 12.5. The standard InChI is InChI=1S/C19H25NO3S/c1-14(15-6-8-16(9-7-15)19(2,3)4)20-24(21,22)18-12-10-17(23-5)11-13-18/h6-14,20H,1-5H3. The summed E-state index contributed by atoms with van der Waals surface area (Å²) in [7, 11) is -2.03. The largest absolute Gasteiger partial charge is 0.497 e. The minimum absolute atomic E-state index is 0.0738. The number of hydrogen-bond donors (Lipinski definition) is 1. The summed E-state index contributed by atoms with van der Waals surface area (Å²) in [5.74, 6) is 0.625. The minimum Gasteiger partial charge on any atom is -0.497 e. The molecule has 5 heteroatoms. The van der Waals surface area contributed by atoms with E-state index in [2.05, 4.69) is 25.5 Å². The van der Waals surface area contributed by atoms with Crippen molar-refractivity contribution < 1.29 is 13.2 Å². The number of sulfonamides is 1. The van der Waals surface area contributed by atoms with E-state index >= 15 is 0 Å². The first kappa shape index (κ1) is 18.5. The van der Waals surface area contributed by atoms with Gasteiger partial charge in [-0.15, -0.1) is 0 Å². The van der Waals surface area contributed by atoms with Crippen molar-refractivity contribution in [2.45, 2.75) is 44.0 Å². The summed E-state index contributed by atoms with van der Waals surface area (Å²) in [5, 5.41) is 0. The Kier molecular flexibility index (Phi) is 5.35. The second-order valence-corrected chi connectivity index (χ2v) is 8.60. The molecule has 24 heavy (non-hydrogen) atoms. The fraction of sp³-hybridized carbons (Fsp3) is 0.368. The fourth-order valence-corrected chi connectivity index (χ4v) is 3.63. The highest BCUT2D eigenvalue weighted by molar-refractivity contribution is 7.89. The normalized spacial score (nSPS) is 13.5. The van der Waals surface area contributed by atoms with Crippen LogP contribution in [-0.2, 0) is 15.4 Å². The lowest BCUT2D eigenvalue weighted by molar-refractivity contribution is 0.414. The number of ether oxygens (including phenoxy) is 1. The molecule has 0 aliphatic carbocycles. The van der Waals surface area contributed by atoms with Crippen LogP contribution in [-0.4, -0.2) is 15.5 Å². The Labute approximate surface area is 144 Å². The third kappa shape index (κ3) is 4.36. The van der Waals surface area contributed by atoms with Gasteiger partial charge in [-0.25, -0.2) is 13.1 Å². The van der Waals surface area contributed by atoms with Crippen LogP contribution in [0.15, 0.2) is 53.4 Å². The molecule has 0 radical (unpaired) electrons. The van der Waals surface area contributed by atoms with Gasteiger partial charge in [0.2, 0.25) is 10.0 Å². The van der Waals surface area contributed by atoms with E-state index in [1.165, 1.54) is 17.7 Å². The first-order valence-corrected chi connectivity index (χ1v) is 9.38. The Balaban J connectivity index is 2.16. The van der Waals surface area contributed by atoms with Crippen molar-refractivity contribution in [1.82, 2.24) is 4.72 Å². The smallest absolute Gasteiger partial charge is 0.241 e. The Morgan fingerprint density at radius 3 is 1.96 bits per heavy atom. The molecule has 0 saturated carbocycles. The molecule has 0 aliphatic rings. The van der Waals surface area contributed by atoms with Crippen LogP contribution in [0.3, 0.4) is 0 Å². The van der Waals surface area contributed by atoms with Gasteiger partial charge < -0.3 is 4.74 Å². The molecule has 1 unspecified atom stereocenters. The Hall–Kier alpha value is -1.85. The molecule has 0 saturated heterocycles. The van der Waals surface area contributed by atoms with Crippen molar-refractivity contribution in [2.24, 2.45) is 0 Å². The van der Waals surface area contributed by atoms with Gasteiger partial charge in [-0.05, 0) is 47.7 Å². The Morgan fingerprint density at radius 2 is 1.50 bits per heavy atom. The minimum atomic E-state index is -3.58. The molecule has 2 aromatic carbocycles. The monoisotopic (exact) mass is 347 g/mol. The first-order chi connectivity index (χ1) is 11.1. The average Bonchev–Trinajstić information content (AvgIpc) is 2.54. The summed E-state index contributed by atoms with van der Waals surface area (Å²) in [4.78, 5) is 0.224. The zero-order valence-electron chi connectivity index (χ0n) is 14.8. The molecular formula is C19H25NO3S. The summed E-state index contributed by atoms with van der Waals surface area (Å²) in [5.41, 5.74) is 2.22. The van der Waals surface area contributed by atoms with Crippen molar-refractivity contribution in [3.8, 4) is 5.75 Å². The summed E-state index contributed by atoms with van der Waals surface area (Å²) in [6, 6.07) is 14.1. The van der Waals surface area contributed by atoms with Crippen molar-refractivity contribution in [3.63, 3.8) is 0 Å². The van der Waals surface area contributed by atoms with Crippen LogP contribution in [0.5, 0.6) is 5.75 Å². The highest BCUT2D eigenvalue weighted by Gasteiger charge is 2.19. The number of methoxy groups -OCH3 is 1. The molecule has 0 spiro atoms. The van der Waals surface area contributed by atoms with Crippen LogP contribution in [0.1, 0.15) is 44.9 Å². The van der Waals surface area contributed by atoms with Crippen molar-refractivity contribution in [2.75, 3.05) is 7.11 Å². The topological polar surface area (TPSA) is 55.4 Å². The fourth-order valence-electron chi connectivity index (χ4n) is 2.40. The van der Waals surface area contributed by atoms with Gasteiger partial charge in [0.05, 0.1) is 12.0 Å². The molecule has 2 rings (SSSR count). The van der Waals surface area contributed by atoms with E-state index in [1.54, 1.807) is 19.2 Å². The molecule has 0 aromatic heterocycles. The second kappa shape index (κ2) is 6.95. The number of rotatable bonds is 5. The molecule has 0 amide bonds. The Bertz CT molecular complexity index is 773. The molecule has 2 aromatic rings. The zero-order chi connectivity index (χ0) is 18.0. The van der Waals surface area contributed by atoms with Crippen LogP contribution < -0.4 is 9.46 Å². The van der Waals surface area contributed by atoms with Crippen molar-refractivity contribution >= 4 is 10.0 Å². The molecule has 130 valence electrons. The number of nitrogens with one attached hydrogen (secondary N) is 1. The van der Waals surface area contributed by atoms with Crippen LogP contribution in [0.4, 0.5) is 0 Å².